The Balaban J connectivity index is 1.81. The summed E-state index contributed by atoms with van der Waals surface area (Å²) in [4.78, 5) is 24.2. The van der Waals surface area contributed by atoms with E-state index in [0.717, 1.165) is 19.2 Å². The minimum absolute atomic E-state index is 0.0414. The van der Waals surface area contributed by atoms with Gasteiger partial charge in [0.25, 0.3) is 0 Å². The molecule has 2 aromatic carbocycles. The quantitative estimate of drug-likeness (QED) is 0.264. The van der Waals surface area contributed by atoms with Crippen molar-refractivity contribution in [1.29, 1.82) is 0 Å². The maximum Gasteiger partial charge on any atom is 0.335 e. The van der Waals surface area contributed by atoms with E-state index in [4.69, 9.17) is 23.4 Å². The lowest BCUT2D eigenvalue weighted by atomic mass is 9.99. The number of phenolic OH excluding ortho intramolecular Hbond substituents is 2. The van der Waals surface area contributed by atoms with Crippen LogP contribution >= 0.6 is 0 Å². The molecule has 1 aromatic heterocycles. The third kappa shape index (κ3) is 4.24. The molecule has 0 amide bonds. The standard InChI is InChI=1S/C23H22O13/c1-32-12-5-8(3-4-9(12)24)11-6-10(25)15-13(34-11)7-14(20(33-2)16(15)26)35-23-19(29)17(27)18(28)21(36-23)22(30)31/h3-7,17-19,21,23-24,26-29H,1-2H3,(H,30,31)/t17-,18-,19+,21-,23+/m0/s1. The average Bonchev–Trinajstić information content (AvgIpc) is 2.84. The predicted octanol–water partition coefficient (Wildman–Crippen LogP) is 0.159. The van der Waals surface area contributed by atoms with E-state index in [9.17, 15) is 40.2 Å². The molecule has 4 rings (SSSR count). The molecule has 13 heteroatoms. The van der Waals surface area contributed by atoms with Gasteiger partial charge in [0, 0.05) is 17.7 Å². The van der Waals surface area contributed by atoms with Crippen molar-refractivity contribution in [3.63, 3.8) is 0 Å². The van der Waals surface area contributed by atoms with Crippen LogP contribution in [0.3, 0.4) is 0 Å². The Morgan fingerprint density at radius 3 is 2.31 bits per heavy atom. The maximum atomic E-state index is 12.8. The zero-order chi connectivity index (χ0) is 26.3. The zero-order valence-corrected chi connectivity index (χ0v) is 18.8. The summed E-state index contributed by atoms with van der Waals surface area (Å²) in [6.07, 6.45) is -9.50. The first-order valence-corrected chi connectivity index (χ1v) is 10.4. The van der Waals surface area contributed by atoms with Crippen molar-refractivity contribution in [2.45, 2.75) is 30.7 Å². The number of aliphatic hydroxyl groups excluding tert-OH is 3. The molecular weight excluding hydrogens is 484 g/mol. The number of hydrogen-bond donors (Lipinski definition) is 6. The van der Waals surface area contributed by atoms with Gasteiger partial charge in [-0.3, -0.25) is 4.79 Å². The summed E-state index contributed by atoms with van der Waals surface area (Å²) in [6, 6.07) is 6.47. The lowest BCUT2D eigenvalue weighted by Crippen LogP contribution is -2.61. The fraction of sp³-hybridized carbons (Fsp3) is 0.304. The molecule has 0 radical (unpaired) electrons. The Labute approximate surface area is 201 Å². The highest BCUT2D eigenvalue weighted by molar-refractivity contribution is 5.89. The van der Waals surface area contributed by atoms with Crippen LogP contribution in [0.4, 0.5) is 0 Å². The van der Waals surface area contributed by atoms with Crippen LogP contribution in [0.15, 0.2) is 39.5 Å². The number of ether oxygens (including phenoxy) is 4. The normalized spacial score (nSPS) is 23.9. The Kier molecular flexibility index (Phi) is 6.65. The summed E-state index contributed by atoms with van der Waals surface area (Å²) in [7, 11) is 2.50. The van der Waals surface area contributed by atoms with Gasteiger partial charge in [0.05, 0.1) is 14.2 Å². The molecule has 2 heterocycles. The minimum atomic E-state index is -1.94. The van der Waals surface area contributed by atoms with Crippen molar-refractivity contribution in [2.75, 3.05) is 14.2 Å². The number of aliphatic carboxylic acids is 1. The second-order valence-corrected chi connectivity index (χ2v) is 7.84. The number of aliphatic hydroxyl groups is 3. The third-order valence-electron chi connectivity index (χ3n) is 5.64. The third-order valence-corrected chi connectivity index (χ3v) is 5.64. The summed E-state index contributed by atoms with van der Waals surface area (Å²) in [6.45, 7) is 0. The summed E-state index contributed by atoms with van der Waals surface area (Å²) < 4.78 is 26.6. The molecule has 3 aromatic rings. The molecule has 0 saturated carbocycles. The summed E-state index contributed by atoms with van der Waals surface area (Å²) in [5.41, 5.74) is -0.480. The molecular formula is C23H22O13. The first-order chi connectivity index (χ1) is 17.1. The van der Waals surface area contributed by atoms with E-state index < -0.39 is 47.9 Å². The van der Waals surface area contributed by atoms with E-state index in [1.54, 1.807) is 0 Å². The number of carboxylic acid groups (broad SMARTS) is 1. The number of benzene rings is 2. The van der Waals surface area contributed by atoms with Gasteiger partial charge >= 0.3 is 5.97 Å². The molecule has 1 saturated heterocycles. The Morgan fingerprint density at radius 1 is 0.944 bits per heavy atom. The molecule has 192 valence electrons. The number of rotatable bonds is 6. The molecule has 0 spiro atoms. The summed E-state index contributed by atoms with van der Waals surface area (Å²) in [5.74, 6) is -2.96. The summed E-state index contributed by atoms with van der Waals surface area (Å²) in [5, 5.41) is 59.7. The number of fused-ring (bicyclic) bond motifs is 1. The minimum Gasteiger partial charge on any atom is -0.504 e. The molecule has 0 bridgehead atoms. The van der Waals surface area contributed by atoms with Gasteiger partial charge in [-0.25, -0.2) is 4.79 Å². The van der Waals surface area contributed by atoms with Crippen LogP contribution in [0.25, 0.3) is 22.3 Å². The van der Waals surface area contributed by atoms with Gasteiger partial charge in [-0.05, 0) is 18.2 Å². The number of carboxylic acids is 1. The Hall–Kier alpha value is -4.04. The number of aromatic hydroxyl groups is 2. The zero-order valence-electron chi connectivity index (χ0n) is 18.8. The smallest absolute Gasteiger partial charge is 0.335 e. The molecule has 0 unspecified atom stereocenters. The molecule has 1 aliphatic heterocycles. The number of methoxy groups -OCH3 is 2. The van der Waals surface area contributed by atoms with Crippen LogP contribution in [-0.4, -0.2) is 81.5 Å². The second kappa shape index (κ2) is 9.54. The van der Waals surface area contributed by atoms with E-state index in [1.807, 2.05) is 0 Å². The van der Waals surface area contributed by atoms with Crippen LogP contribution in [0.1, 0.15) is 0 Å². The van der Waals surface area contributed by atoms with Crippen molar-refractivity contribution in [1.82, 2.24) is 0 Å². The number of phenols is 2. The molecule has 1 aliphatic rings. The average molecular weight is 506 g/mol. The van der Waals surface area contributed by atoms with Crippen molar-refractivity contribution in [2.24, 2.45) is 0 Å². The molecule has 1 fully saturated rings. The lowest BCUT2D eigenvalue weighted by Gasteiger charge is -2.38. The monoisotopic (exact) mass is 506 g/mol. The van der Waals surface area contributed by atoms with Crippen LogP contribution in [-0.2, 0) is 9.53 Å². The summed E-state index contributed by atoms with van der Waals surface area (Å²) >= 11 is 0. The fourth-order valence-electron chi connectivity index (χ4n) is 3.79. The highest BCUT2D eigenvalue weighted by Crippen LogP contribution is 2.43. The van der Waals surface area contributed by atoms with Gasteiger partial charge in [-0.15, -0.1) is 0 Å². The van der Waals surface area contributed by atoms with E-state index >= 15 is 0 Å². The van der Waals surface area contributed by atoms with Gasteiger partial charge in [-0.2, -0.15) is 0 Å². The molecule has 0 aliphatic carbocycles. The predicted molar refractivity (Wildman–Crippen MR) is 119 cm³/mol. The number of hydrogen-bond acceptors (Lipinski definition) is 12. The molecule has 6 N–H and O–H groups in total. The largest absolute Gasteiger partial charge is 0.504 e. The SMILES string of the molecule is COc1cc(-c2cc(=O)c3c(O)c(OC)c(O[C@@H]4O[C@H](C(=O)O)[C@@H](O)[C@H](O)[C@H]4O)cc3o2)ccc1O. The number of carbonyl (C=O) groups is 1. The highest BCUT2D eigenvalue weighted by atomic mass is 16.7. The first kappa shape index (κ1) is 25.1. The topological polar surface area (TPSA) is 206 Å². The maximum absolute atomic E-state index is 12.8. The first-order valence-electron chi connectivity index (χ1n) is 10.4. The molecule has 5 atom stereocenters. The van der Waals surface area contributed by atoms with Gasteiger partial charge in [0.1, 0.15) is 35.0 Å². The van der Waals surface area contributed by atoms with E-state index in [-0.39, 0.29) is 39.7 Å². The van der Waals surface area contributed by atoms with E-state index in [0.29, 0.717) is 5.56 Å². The van der Waals surface area contributed by atoms with Crippen molar-refractivity contribution in [3.05, 3.63) is 40.6 Å². The fourth-order valence-corrected chi connectivity index (χ4v) is 3.79. The van der Waals surface area contributed by atoms with Gasteiger partial charge in [0.2, 0.25) is 12.0 Å². The van der Waals surface area contributed by atoms with Gasteiger partial charge in [0.15, 0.2) is 34.5 Å². The van der Waals surface area contributed by atoms with Crippen molar-refractivity contribution in [3.8, 4) is 40.1 Å². The second-order valence-electron chi connectivity index (χ2n) is 7.84. The van der Waals surface area contributed by atoms with Crippen molar-refractivity contribution < 1.29 is 58.8 Å². The van der Waals surface area contributed by atoms with Gasteiger partial charge < -0.3 is 54.0 Å². The molecule has 36 heavy (non-hydrogen) atoms. The van der Waals surface area contributed by atoms with Crippen molar-refractivity contribution >= 4 is 16.9 Å². The lowest BCUT2D eigenvalue weighted by molar-refractivity contribution is -0.271. The Bertz CT molecular complexity index is 1360. The van der Waals surface area contributed by atoms with E-state index in [1.165, 1.54) is 25.3 Å². The van der Waals surface area contributed by atoms with Crippen LogP contribution in [0, 0.1) is 0 Å². The Morgan fingerprint density at radius 2 is 1.67 bits per heavy atom. The van der Waals surface area contributed by atoms with E-state index in [2.05, 4.69) is 0 Å². The highest BCUT2D eigenvalue weighted by Gasteiger charge is 2.48. The van der Waals surface area contributed by atoms with Crippen LogP contribution < -0.4 is 19.6 Å². The van der Waals surface area contributed by atoms with Crippen LogP contribution in [0.5, 0.6) is 28.7 Å². The van der Waals surface area contributed by atoms with Gasteiger partial charge in [-0.1, -0.05) is 0 Å². The molecule has 13 nitrogen and oxygen atoms in total. The van der Waals surface area contributed by atoms with Crippen LogP contribution in [0.2, 0.25) is 0 Å².